The number of guanidine groups is 1. The molecule has 1 aromatic heterocycles. The van der Waals surface area contributed by atoms with Crippen molar-refractivity contribution in [3.63, 3.8) is 0 Å². The first-order valence-electron chi connectivity index (χ1n) is 8.84. The first-order valence-corrected chi connectivity index (χ1v) is 9.78. The topological polar surface area (TPSA) is 59.9 Å². The van der Waals surface area contributed by atoms with Gasteiger partial charge in [-0.05, 0) is 76.5 Å². The SMILES string of the molecule is CCNC(=NCC(C)(O)c1ccsc1)NCCCCN(C)C(C)C.I. The predicted octanol–water partition coefficient (Wildman–Crippen LogP) is 3.25. The summed E-state index contributed by atoms with van der Waals surface area (Å²) in [5.74, 6) is 0.769. The highest BCUT2D eigenvalue weighted by Gasteiger charge is 2.23. The Balaban J connectivity index is 0.00000576. The largest absolute Gasteiger partial charge is 0.383 e. The van der Waals surface area contributed by atoms with E-state index in [0.29, 0.717) is 12.6 Å². The number of unbranched alkanes of at least 4 members (excludes halogenated alkanes) is 1. The van der Waals surface area contributed by atoms with Gasteiger partial charge in [0.15, 0.2) is 5.96 Å². The number of thiophene rings is 1. The molecule has 0 aliphatic carbocycles. The monoisotopic (exact) mass is 482 g/mol. The molecule has 0 aliphatic heterocycles. The van der Waals surface area contributed by atoms with Crippen molar-refractivity contribution < 1.29 is 5.11 Å². The number of aliphatic imine (C=N–C) groups is 1. The summed E-state index contributed by atoms with van der Waals surface area (Å²) < 4.78 is 0. The number of rotatable bonds is 10. The summed E-state index contributed by atoms with van der Waals surface area (Å²) >= 11 is 1.59. The highest BCUT2D eigenvalue weighted by Crippen LogP contribution is 2.23. The molecule has 3 N–H and O–H groups in total. The van der Waals surface area contributed by atoms with Gasteiger partial charge in [-0.15, -0.1) is 24.0 Å². The van der Waals surface area contributed by atoms with Crippen molar-refractivity contribution in [1.29, 1.82) is 0 Å². The van der Waals surface area contributed by atoms with E-state index in [4.69, 9.17) is 0 Å². The Hall–Kier alpha value is -0.380. The summed E-state index contributed by atoms with van der Waals surface area (Å²) in [7, 11) is 2.16. The lowest BCUT2D eigenvalue weighted by atomic mass is 10.00. The van der Waals surface area contributed by atoms with Crippen LogP contribution in [0.5, 0.6) is 0 Å². The van der Waals surface area contributed by atoms with Gasteiger partial charge in [0.1, 0.15) is 5.60 Å². The van der Waals surface area contributed by atoms with Crippen molar-refractivity contribution in [1.82, 2.24) is 15.5 Å². The minimum atomic E-state index is -0.928. The third kappa shape index (κ3) is 9.77. The maximum atomic E-state index is 10.6. The Morgan fingerprint density at radius 1 is 1.36 bits per heavy atom. The van der Waals surface area contributed by atoms with E-state index in [1.165, 1.54) is 0 Å². The average Bonchev–Trinajstić information content (AvgIpc) is 3.07. The van der Waals surface area contributed by atoms with Crippen molar-refractivity contribution >= 4 is 41.3 Å². The molecule has 0 aromatic carbocycles. The van der Waals surface area contributed by atoms with E-state index in [2.05, 4.69) is 41.4 Å². The molecule has 1 atom stereocenters. The van der Waals surface area contributed by atoms with Gasteiger partial charge in [0.25, 0.3) is 0 Å². The first kappa shape index (κ1) is 24.6. The van der Waals surface area contributed by atoms with Crippen LogP contribution in [0.1, 0.15) is 46.1 Å². The zero-order chi connectivity index (χ0) is 18.0. The Morgan fingerprint density at radius 2 is 2.08 bits per heavy atom. The second-order valence-corrected chi connectivity index (χ2v) is 7.47. The van der Waals surface area contributed by atoms with Crippen LogP contribution in [0.2, 0.25) is 0 Å². The Bertz CT molecular complexity index is 477. The lowest BCUT2D eigenvalue weighted by Crippen LogP contribution is -2.39. The molecule has 0 aliphatic rings. The van der Waals surface area contributed by atoms with Crippen LogP contribution in [0.4, 0.5) is 0 Å². The van der Waals surface area contributed by atoms with Crippen molar-refractivity contribution in [3.8, 4) is 0 Å². The van der Waals surface area contributed by atoms with Crippen LogP contribution in [-0.4, -0.2) is 55.2 Å². The van der Waals surface area contributed by atoms with E-state index in [9.17, 15) is 5.11 Å². The number of halogens is 1. The van der Waals surface area contributed by atoms with Crippen LogP contribution in [0, 0.1) is 0 Å². The van der Waals surface area contributed by atoms with E-state index in [0.717, 1.165) is 44.0 Å². The number of hydrogen-bond donors (Lipinski definition) is 3. The molecule has 0 radical (unpaired) electrons. The quantitative estimate of drug-likeness (QED) is 0.208. The first-order chi connectivity index (χ1) is 11.4. The van der Waals surface area contributed by atoms with Crippen molar-refractivity contribution in [2.45, 2.75) is 52.2 Å². The van der Waals surface area contributed by atoms with Gasteiger partial charge in [0.05, 0.1) is 6.54 Å². The maximum absolute atomic E-state index is 10.6. The normalized spacial score (nSPS) is 14.3. The molecule has 0 saturated carbocycles. The van der Waals surface area contributed by atoms with Crippen LogP contribution in [0.25, 0.3) is 0 Å². The van der Waals surface area contributed by atoms with Gasteiger partial charge in [0.2, 0.25) is 0 Å². The van der Waals surface area contributed by atoms with Gasteiger partial charge in [-0.25, -0.2) is 4.99 Å². The fourth-order valence-electron chi connectivity index (χ4n) is 2.19. The van der Waals surface area contributed by atoms with Crippen LogP contribution in [0.3, 0.4) is 0 Å². The third-order valence-corrected chi connectivity index (χ3v) is 4.83. The second-order valence-electron chi connectivity index (χ2n) is 6.69. The molecule has 0 bridgehead atoms. The zero-order valence-corrected chi connectivity index (χ0v) is 19.4. The molecule has 0 fully saturated rings. The van der Waals surface area contributed by atoms with Crippen molar-refractivity contribution in [2.75, 3.05) is 33.2 Å². The number of hydrogen-bond acceptors (Lipinski definition) is 4. The highest BCUT2D eigenvalue weighted by atomic mass is 127. The molecule has 1 aromatic rings. The highest BCUT2D eigenvalue weighted by molar-refractivity contribution is 14.0. The molecule has 1 unspecified atom stereocenters. The number of nitrogens with one attached hydrogen (secondary N) is 2. The standard InChI is InChI=1S/C18H34N4OS.HI/c1-6-19-17(20-10-7-8-11-22(5)15(2)3)21-14-18(4,23)16-9-12-24-13-16;/h9,12-13,15,23H,6-8,10-11,14H2,1-5H3,(H2,19,20,21);1H. The predicted molar refractivity (Wildman–Crippen MR) is 120 cm³/mol. The summed E-state index contributed by atoms with van der Waals surface area (Å²) in [4.78, 5) is 6.90. The lowest BCUT2D eigenvalue weighted by Gasteiger charge is -2.22. The molecular formula is C18H35IN4OS. The minimum Gasteiger partial charge on any atom is -0.383 e. The summed E-state index contributed by atoms with van der Waals surface area (Å²) in [6.45, 7) is 11.4. The molecule has 146 valence electrons. The van der Waals surface area contributed by atoms with Crippen molar-refractivity contribution in [2.24, 2.45) is 4.99 Å². The molecule has 0 amide bonds. The van der Waals surface area contributed by atoms with Gasteiger partial charge in [-0.1, -0.05) is 0 Å². The molecule has 5 nitrogen and oxygen atoms in total. The van der Waals surface area contributed by atoms with Crippen molar-refractivity contribution in [3.05, 3.63) is 22.4 Å². The lowest BCUT2D eigenvalue weighted by molar-refractivity contribution is 0.0677. The molecule has 25 heavy (non-hydrogen) atoms. The molecule has 1 heterocycles. The fraction of sp³-hybridized carbons (Fsp3) is 0.722. The summed E-state index contributed by atoms with van der Waals surface area (Å²) in [6.07, 6.45) is 2.26. The minimum absolute atomic E-state index is 0. The molecule has 7 heteroatoms. The van der Waals surface area contributed by atoms with Crippen LogP contribution in [0.15, 0.2) is 21.8 Å². The van der Waals surface area contributed by atoms with E-state index < -0.39 is 5.60 Å². The van der Waals surface area contributed by atoms with Crippen LogP contribution >= 0.6 is 35.3 Å². The van der Waals surface area contributed by atoms with Gasteiger partial charge in [0, 0.05) is 19.1 Å². The molecule has 0 saturated heterocycles. The fourth-order valence-corrected chi connectivity index (χ4v) is 2.97. The van der Waals surface area contributed by atoms with E-state index in [1.807, 2.05) is 30.7 Å². The van der Waals surface area contributed by atoms with Gasteiger partial charge >= 0.3 is 0 Å². The van der Waals surface area contributed by atoms with Gasteiger partial charge < -0.3 is 20.6 Å². The number of nitrogens with zero attached hydrogens (tertiary/aromatic N) is 2. The van der Waals surface area contributed by atoms with E-state index in [1.54, 1.807) is 11.3 Å². The molecule has 0 spiro atoms. The Morgan fingerprint density at radius 3 is 2.64 bits per heavy atom. The van der Waals surface area contributed by atoms with Gasteiger partial charge in [-0.3, -0.25) is 0 Å². The molecule has 1 rings (SSSR count). The van der Waals surface area contributed by atoms with Crippen LogP contribution < -0.4 is 10.6 Å². The summed E-state index contributed by atoms with van der Waals surface area (Å²) in [5, 5.41) is 21.1. The Labute approximate surface area is 174 Å². The summed E-state index contributed by atoms with van der Waals surface area (Å²) in [5.41, 5.74) is -0.00804. The number of aliphatic hydroxyl groups is 1. The smallest absolute Gasteiger partial charge is 0.191 e. The van der Waals surface area contributed by atoms with Gasteiger partial charge in [-0.2, -0.15) is 11.3 Å². The zero-order valence-electron chi connectivity index (χ0n) is 16.2. The van der Waals surface area contributed by atoms with E-state index in [-0.39, 0.29) is 24.0 Å². The molecular weight excluding hydrogens is 447 g/mol. The van der Waals surface area contributed by atoms with Crippen LogP contribution in [-0.2, 0) is 5.60 Å². The van der Waals surface area contributed by atoms with E-state index >= 15 is 0 Å². The average molecular weight is 482 g/mol. The Kier molecular flexibility index (Phi) is 12.7. The third-order valence-electron chi connectivity index (χ3n) is 4.14. The second kappa shape index (κ2) is 12.9. The maximum Gasteiger partial charge on any atom is 0.191 e. The summed E-state index contributed by atoms with van der Waals surface area (Å²) in [6, 6.07) is 2.54.